The molecule has 180 valence electrons. The van der Waals surface area contributed by atoms with Crippen LogP contribution < -0.4 is 4.90 Å². The van der Waals surface area contributed by atoms with Gasteiger partial charge in [0.25, 0.3) is 0 Å². The van der Waals surface area contributed by atoms with Crippen LogP contribution in [0.1, 0.15) is 60.6 Å². The molecule has 0 aliphatic carbocycles. The fraction of sp³-hybridized carbons (Fsp3) is 0.320. The van der Waals surface area contributed by atoms with Crippen molar-refractivity contribution in [2.24, 2.45) is 0 Å². The summed E-state index contributed by atoms with van der Waals surface area (Å²) >= 11 is 0. The topological polar surface area (TPSA) is 105 Å². The number of hydrogen-bond acceptors (Lipinski definition) is 7. The molecule has 0 saturated carbocycles. The molecule has 1 aliphatic heterocycles. The number of fused-ring (bicyclic) bond motifs is 1. The zero-order valence-electron chi connectivity index (χ0n) is 19.2. The van der Waals surface area contributed by atoms with Crippen molar-refractivity contribution >= 4 is 22.7 Å². The Balaban J connectivity index is 1.46. The molecular formula is C25H23F2N5O3. The molecule has 0 bridgehead atoms. The second-order valence-electron chi connectivity index (χ2n) is 8.95. The first-order valence-corrected chi connectivity index (χ1v) is 11.4. The molecule has 5 rings (SSSR count). The van der Waals surface area contributed by atoms with Crippen LogP contribution in [0.25, 0.3) is 22.0 Å². The van der Waals surface area contributed by atoms with E-state index in [0.717, 1.165) is 18.9 Å². The van der Waals surface area contributed by atoms with E-state index >= 15 is 0 Å². The summed E-state index contributed by atoms with van der Waals surface area (Å²) < 4.78 is 34.5. The van der Waals surface area contributed by atoms with Gasteiger partial charge in [-0.15, -0.1) is 0 Å². The van der Waals surface area contributed by atoms with Crippen LogP contribution in [0, 0.1) is 11.6 Å². The summed E-state index contributed by atoms with van der Waals surface area (Å²) in [5.41, 5.74) is 0.702. The Morgan fingerprint density at radius 3 is 2.57 bits per heavy atom. The van der Waals surface area contributed by atoms with Crippen LogP contribution in [-0.4, -0.2) is 44.3 Å². The number of aromatic carboxylic acids is 1. The molecular weight excluding hydrogens is 456 g/mol. The maximum Gasteiger partial charge on any atom is 0.338 e. The van der Waals surface area contributed by atoms with Crippen LogP contribution in [0.15, 0.2) is 41.2 Å². The zero-order valence-corrected chi connectivity index (χ0v) is 19.2. The van der Waals surface area contributed by atoms with Crippen molar-refractivity contribution in [2.75, 3.05) is 18.0 Å². The number of aromatic nitrogens is 4. The number of carboxylic acids is 1. The molecule has 1 aliphatic rings. The summed E-state index contributed by atoms with van der Waals surface area (Å²) in [5, 5.41) is 13.7. The number of nitrogens with zero attached hydrogens (tertiary/aromatic N) is 5. The van der Waals surface area contributed by atoms with Crippen molar-refractivity contribution in [1.82, 2.24) is 20.1 Å². The van der Waals surface area contributed by atoms with E-state index in [2.05, 4.69) is 25.0 Å². The highest BCUT2D eigenvalue weighted by Gasteiger charge is 2.27. The minimum Gasteiger partial charge on any atom is -0.478 e. The molecule has 0 amide bonds. The Kier molecular flexibility index (Phi) is 5.88. The lowest BCUT2D eigenvalue weighted by Gasteiger charge is -2.32. The van der Waals surface area contributed by atoms with Gasteiger partial charge in [0.05, 0.1) is 11.1 Å². The van der Waals surface area contributed by atoms with Gasteiger partial charge in [-0.2, -0.15) is 4.98 Å². The molecule has 2 aromatic carbocycles. The number of anilines is 1. The standard InChI is InChI=1S/C25H23F2N5O3/c1-13(2)22-30-24(35-31-22)14-5-7-32(8-6-14)23-19-11-16(26)10-18(21(19)28-12-29-23)15-3-4-17(25(33)34)20(27)9-15/h3-4,9-14H,5-8H2,1-2H3,(H,33,34). The molecule has 10 heteroatoms. The van der Waals surface area contributed by atoms with Crippen LogP contribution in [0.2, 0.25) is 0 Å². The first kappa shape index (κ1) is 22.8. The Bertz CT molecular complexity index is 1410. The van der Waals surface area contributed by atoms with Crippen molar-refractivity contribution in [3.05, 3.63) is 65.6 Å². The molecule has 1 fully saturated rings. The van der Waals surface area contributed by atoms with Gasteiger partial charge in [-0.1, -0.05) is 25.1 Å². The third-order valence-corrected chi connectivity index (χ3v) is 6.31. The van der Waals surface area contributed by atoms with Gasteiger partial charge in [-0.3, -0.25) is 0 Å². The molecule has 1 saturated heterocycles. The largest absolute Gasteiger partial charge is 0.478 e. The maximum atomic E-state index is 14.7. The van der Waals surface area contributed by atoms with Gasteiger partial charge in [-0.05, 0) is 42.7 Å². The van der Waals surface area contributed by atoms with Gasteiger partial charge in [-0.25, -0.2) is 23.5 Å². The number of halogens is 2. The Labute approximate surface area is 199 Å². The van der Waals surface area contributed by atoms with Gasteiger partial charge >= 0.3 is 5.97 Å². The first-order chi connectivity index (χ1) is 16.8. The smallest absolute Gasteiger partial charge is 0.338 e. The summed E-state index contributed by atoms with van der Waals surface area (Å²) in [7, 11) is 0. The summed E-state index contributed by atoms with van der Waals surface area (Å²) in [6.07, 6.45) is 2.95. The predicted molar refractivity (Wildman–Crippen MR) is 124 cm³/mol. The molecule has 8 nitrogen and oxygen atoms in total. The first-order valence-electron chi connectivity index (χ1n) is 11.4. The van der Waals surface area contributed by atoms with E-state index in [4.69, 9.17) is 9.63 Å². The van der Waals surface area contributed by atoms with E-state index in [1.165, 1.54) is 30.6 Å². The van der Waals surface area contributed by atoms with E-state index in [0.29, 0.717) is 52.7 Å². The van der Waals surface area contributed by atoms with Gasteiger partial charge < -0.3 is 14.5 Å². The van der Waals surface area contributed by atoms with E-state index in [1.54, 1.807) is 0 Å². The van der Waals surface area contributed by atoms with Gasteiger partial charge in [0, 0.05) is 35.9 Å². The molecule has 1 N–H and O–H groups in total. The van der Waals surface area contributed by atoms with E-state index < -0.39 is 23.2 Å². The molecule has 3 heterocycles. The molecule has 0 unspecified atom stereocenters. The number of piperidine rings is 1. The van der Waals surface area contributed by atoms with Crippen LogP contribution in [-0.2, 0) is 0 Å². The predicted octanol–water partition coefficient (Wildman–Crippen LogP) is 5.16. The average molecular weight is 479 g/mol. The SMILES string of the molecule is CC(C)c1noc(C2CCN(c3ncnc4c(-c5ccc(C(=O)O)c(F)c5)cc(F)cc34)CC2)n1. The molecule has 2 aromatic heterocycles. The molecule has 4 aromatic rings. The minimum atomic E-state index is -1.37. The number of rotatable bonds is 5. The van der Waals surface area contributed by atoms with Crippen molar-refractivity contribution in [2.45, 2.75) is 38.5 Å². The lowest BCUT2D eigenvalue weighted by Crippen LogP contribution is -2.33. The maximum absolute atomic E-state index is 14.7. The molecule has 0 spiro atoms. The van der Waals surface area contributed by atoms with Gasteiger partial charge in [0.2, 0.25) is 5.89 Å². The number of carboxylic acid groups (broad SMARTS) is 1. The highest BCUT2D eigenvalue weighted by molar-refractivity contribution is 6.00. The third-order valence-electron chi connectivity index (χ3n) is 6.31. The van der Waals surface area contributed by atoms with E-state index in [1.807, 2.05) is 13.8 Å². The summed E-state index contributed by atoms with van der Waals surface area (Å²) in [5.74, 6) is -0.530. The highest BCUT2D eigenvalue weighted by Crippen LogP contribution is 2.36. The van der Waals surface area contributed by atoms with Gasteiger partial charge in [0.1, 0.15) is 23.8 Å². The monoisotopic (exact) mass is 479 g/mol. The van der Waals surface area contributed by atoms with Crippen molar-refractivity contribution < 1.29 is 23.2 Å². The zero-order chi connectivity index (χ0) is 24.7. The molecule has 0 radical (unpaired) electrons. The Hall–Kier alpha value is -3.95. The molecule has 35 heavy (non-hydrogen) atoms. The number of carbonyl (C=O) groups is 1. The van der Waals surface area contributed by atoms with Crippen molar-refractivity contribution in [1.29, 1.82) is 0 Å². The van der Waals surface area contributed by atoms with Crippen LogP contribution in [0.3, 0.4) is 0 Å². The normalized spacial score (nSPS) is 14.7. The lowest BCUT2D eigenvalue weighted by molar-refractivity contribution is 0.0692. The van der Waals surface area contributed by atoms with E-state index in [-0.39, 0.29) is 11.8 Å². The summed E-state index contributed by atoms with van der Waals surface area (Å²) in [6.45, 7) is 5.34. The Morgan fingerprint density at radius 1 is 1.14 bits per heavy atom. The quantitative estimate of drug-likeness (QED) is 0.418. The molecule has 0 atom stereocenters. The summed E-state index contributed by atoms with van der Waals surface area (Å²) in [4.78, 5) is 26.5. The third kappa shape index (κ3) is 4.31. The second-order valence-corrected chi connectivity index (χ2v) is 8.95. The minimum absolute atomic E-state index is 0.141. The number of hydrogen-bond donors (Lipinski definition) is 1. The Morgan fingerprint density at radius 2 is 1.91 bits per heavy atom. The fourth-order valence-corrected chi connectivity index (χ4v) is 4.43. The summed E-state index contributed by atoms with van der Waals surface area (Å²) in [6, 6.07) is 6.33. The van der Waals surface area contributed by atoms with Crippen molar-refractivity contribution in [3.63, 3.8) is 0 Å². The average Bonchev–Trinajstić information content (AvgIpc) is 3.34. The van der Waals surface area contributed by atoms with Crippen molar-refractivity contribution in [3.8, 4) is 11.1 Å². The lowest BCUT2D eigenvalue weighted by atomic mass is 9.96. The second kappa shape index (κ2) is 9.01. The highest BCUT2D eigenvalue weighted by atomic mass is 19.1. The number of benzene rings is 2. The van der Waals surface area contributed by atoms with E-state index in [9.17, 15) is 13.6 Å². The van der Waals surface area contributed by atoms with Crippen LogP contribution in [0.5, 0.6) is 0 Å². The fourth-order valence-electron chi connectivity index (χ4n) is 4.43. The van der Waals surface area contributed by atoms with Crippen LogP contribution in [0.4, 0.5) is 14.6 Å². The van der Waals surface area contributed by atoms with Gasteiger partial charge in [0.15, 0.2) is 5.82 Å². The van der Waals surface area contributed by atoms with Crippen LogP contribution >= 0.6 is 0 Å².